The Kier molecular flexibility index (Phi) is 9.09. The van der Waals surface area contributed by atoms with Gasteiger partial charge < -0.3 is 5.32 Å². The molecule has 0 aliphatic carbocycles. The first kappa shape index (κ1) is 24.7. The number of hydrogen-bond donors (Lipinski definition) is 2. The van der Waals surface area contributed by atoms with Crippen molar-refractivity contribution in [2.75, 3.05) is 6.54 Å². The maximum absolute atomic E-state index is 12.8. The van der Waals surface area contributed by atoms with Crippen molar-refractivity contribution >= 4 is 41.6 Å². The number of amides is 5. The Hall–Kier alpha value is -3.52. The van der Waals surface area contributed by atoms with Crippen molar-refractivity contribution in [2.24, 2.45) is 0 Å². The average Bonchev–Trinajstić information content (AvgIpc) is 2.75. The number of nitrogens with zero attached hydrogens (tertiary/aromatic N) is 1. The number of halogens is 1. The summed E-state index contributed by atoms with van der Waals surface area (Å²) in [4.78, 5) is 60.0. The maximum Gasteiger partial charge on any atom is 0.260 e. The molecule has 8 nitrogen and oxygen atoms in total. The fourth-order valence-electron chi connectivity index (χ4n) is 3.01. The van der Waals surface area contributed by atoms with E-state index >= 15 is 0 Å². The van der Waals surface area contributed by atoms with Crippen LogP contribution in [-0.4, -0.2) is 41.5 Å². The van der Waals surface area contributed by atoms with Gasteiger partial charge in [-0.05, 0) is 54.8 Å². The molecule has 2 aromatic carbocycles. The SMILES string of the molecule is CC(=O)NC(=O)CCCN(C=O)C(=O)c1cccc(CNC(=O)c2ccc(Cl)cc2)c1C. The summed E-state index contributed by atoms with van der Waals surface area (Å²) < 4.78 is 0. The largest absolute Gasteiger partial charge is 0.348 e. The first-order chi connectivity index (χ1) is 15.2. The number of carbonyl (C=O) groups is 5. The number of rotatable bonds is 9. The first-order valence-corrected chi connectivity index (χ1v) is 10.3. The van der Waals surface area contributed by atoms with E-state index in [-0.39, 0.29) is 31.8 Å². The zero-order valence-electron chi connectivity index (χ0n) is 17.8. The van der Waals surface area contributed by atoms with Crippen LogP contribution in [0.3, 0.4) is 0 Å². The molecule has 0 spiro atoms. The van der Waals surface area contributed by atoms with Gasteiger partial charge in [-0.15, -0.1) is 0 Å². The van der Waals surface area contributed by atoms with Crippen LogP contribution in [0, 0.1) is 6.92 Å². The predicted octanol–water partition coefficient (Wildman–Crippen LogP) is 2.62. The van der Waals surface area contributed by atoms with E-state index in [1.54, 1.807) is 49.4 Å². The first-order valence-electron chi connectivity index (χ1n) is 9.92. The molecule has 2 rings (SSSR count). The molecule has 0 aliphatic heterocycles. The van der Waals surface area contributed by atoms with Crippen LogP contribution in [0.1, 0.15) is 51.6 Å². The lowest BCUT2D eigenvalue weighted by Crippen LogP contribution is -2.33. The van der Waals surface area contributed by atoms with Gasteiger partial charge in [0.25, 0.3) is 11.8 Å². The maximum atomic E-state index is 12.8. The van der Waals surface area contributed by atoms with Crippen molar-refractivity contribution in [3.05, 3.63) is 69.7 Å². The van der Waals surface area contributed by atoms with Gasteiger partial charge in [0.2, 0.25) is 18.2 Å². The summed E-state index contributed by atoms with van der Waals surface area (Å²) in [6, 6.07) is 11.5. The Morgan fingerprint density at radius 3 is 2.38 bits per heavy atom. The summed E-state index contributed by atoms with van der Waals surface area (Å²) in [6.07, 6.45) is 0.645. The van der Waals surface area contributed by atoms with Crippen molar-refractivity contribution < 1.29 is 24.0 Å². The molecule has 0 aliphatic rings. The minimum atomic E-state index is -0.504. The van der Waals surface area contributed by atoms with Gasteiger partial charge in [-0.25, -0.2) is 0 Å². The number of carbonyl (C=O) groups excluding carboxylic acids is 5. The highest BCUT2D eigenvalue weighted by Crippen LogP contribution is 2.17. The van der Waals surface area contributed by atoms with Crippen LogP contribution in [0.5, 0.6) is 0 Å². The number of nitrogens with one attached hydrogen (secondary N) is 2. The summed E-state index contributed by atoms with van der Waals surface area (Å²) in [6.45, 7) is 3.19. The number of hydrogen-bond acceptors (Lipinski definition) is 5. The third-order valence-electron chi connectivity index (χ3n) is 4.73. The van der Waals surface area contributed by atoms with Crippen molar-refractivity contribution in [1.82, 2.24) is 15.5 Å². The second-order valence-electron chi connectivity index (χ2n) is 7.09. The Morgan fingerprint density at radius 1 is 1.06 bits per heavy atom. The van der Waals surface area contributed by atoms with E-state index in [9.17, 15) is 24.0 Å². The second-order valence-corrected chi connectivity index (χ2v) is 7.53. The molecular formula is C23H24ClN3O5. The van der Waals surface area contributed by atoms with E-state index < -0.39 is 17.7 Å². The molecule has 9 heteroatoms. The molecule has 2 N–H and O–H groups in total. The quantitative estimate of drug-likeness (QED) is 0.562. The Bertz CT molecular complexity index is 1020. The molecule has 0 unspecified atom stereocenters. The highest BCUT2D eigenvalue weighted by atomic mass is 35.5. The van der Waals surface area contributed by atoms with Gasteiger partial charge in [0, 0.05) is 42.6 Å². The zero-order valence-corrected chi connectivity index (χ0v) is 18.6. The molecule has 0 radical (unpaired) electrons. The van der Waals surface area contributed by atoms with E-state index in [0.717, 1.165) is 10.5 Å². The van der Waals surface area contributed by atoms with Crippen molar-refractivity contribution in [1.29, 1.82) is 0 Å². The van der Waals surface area contributed by atoms with E-state index in [1.165, 1.54) is 6.92 Å². The van der Waals surface area contributed by atoms with Crippen LogP contribution in [0.25, 0.3) is 0 Å². The molecule has 168 valence electrons. The minimum absolute atomic E-state index is 0.00690. The van der Waals surface area contributed by atoms with Gasteiger partial charge >= 0.3 is 0 Å². The highest BCUT2D eigenvalue weighted by molar-refractivity contribution is 6.30. The molecule has 0 aromatic heterocycles. The Balaban J connectivity index is 2.02. The molecule has 5 amide bonds. The van der Waals surface area contributed by atoms with Crippen LogP contribution in [0.2, 0.25) is 5.02 Å². The van der Waals surface area contributed by atoms with Crippen LogP contribution in [0.4, 0.5) is 0 Å². The van der Waals surface area contributed by atoms with E-state index in [2.05, 4.69) is 10.6 Å². The molecule has 0 heterocycles. The lowest BCUT2D eigenvalue weighted by molar-refractivity contribution is -0.129. The lowest BCUT2D eigenvalue weighted by atomic mass is 10.0. The fourth-order valence-corrected chi connectivity index (χ4v) is 3.14. The van der Waals surface area contributed by atoms with Crippen LogP contribution in [0.15, 0.2) is 42.5 Å². The van der Waals surface area contributed by atoms with Gasteiger partial charge in [0.15, 0.2) is 0 Å². The standard InChI is InChI=1S/C23H24ClN3O5/c1-15-18(13-25-22(31)17-8-10-19(24)11-9-17)5-3-6-20(15)23(32)27(14-28)12-4-7-21(30)26-16(2)29/h3,5-6,8-11,14H,4,7,12-13H2,1-2H3,(H,25,31)(H,26,29,30). The summed E-state index contributed by atoms with van der Waals surface area (Å²) in [5.41, 5.74) is 2.14. The highest BCUT2D eigenvalue weighted by Gasteiger charge is 2.19. The Labute approximate surface area is 190 Å². The summed E-state index contributed by atoms with van der Waals surface area (Å²) in [7, 11) is 0. The molecule has 0 atom stereocenters. The molecule has 2 aromatic rings. The molecule has 0 bridgehead atoms. The second kappa shape index (κ2) is 11.8. The normalized spacial score (nSPS) is 10.2. The third-order valence-corrected chi connectivity index (χ3v) is 4.98. The average molecular weight is 458 g/mol. The van der Waals surface area contributed by atoms with Crippen LogP contribution >= 0.6 is 11.6 Å². The van der Waals surface area contributed by atoms with Crippen LogP contribution in [-0.2, 0) is 20.9 Å². The van der Waals surface area contributed by atoms with Gasteiger partial charge in [0.1, 0.15) is 0 Å². The number of benzene rings is 2. The summed E-state index contributed by atoms with van der Waals surface area (Å²) >= 11 is 5.84. The van der Waals surface area contributed by atoms with Crippen LogP contribution < -0.4 is 10.6 Å². The molecule has 0 saturated carbocycles. The third kappa shape index (κ3) is 7.02. The predicted molar refractivity (Wildman–Crippen MR) is 119 cm³/mol. The van der Waals surface area contributed by atoms with E-state index in [4.69, 9.17) is 11.6 Å². The zero-order chi connectivity index (χ0) is 23.7. The molecule has 32 heavy (non-hydrogen) atoms. The molecule has 0 saturated heterocycles. The summed E-state index contributed by atoms with van der Waals surface area (Å²) in [5, 5.41) is 5.47. The van der Waals surface area contributed by atoms with Gasteiger partial charge in [0.05, 0.1) is 0 Å². The Morgan fingerprint density at radius 2 is 1.75 bits per heavy atom. The van der Waals surface area contributed by atoms with E-state index in [1.807, 2.05) is 0 Å². The van der Waals surface area contributed by atoms with Gasteiger partial charge in [-0.1, -0.05) is 23.7 Å². The van der Waals surface area contributed by atoms with Crippen molar-refractivity contribution in [2.45, 2.75) is 33.2 Å². The smallest absolute Gasteiger partial charge is 0.260 e. The molecule has 0 fully saturated rings. The topological polar surface area (TPSA) is 113 Å². The van der Waals surface area contributed by atoms with Gasteiger partial charge in [-0.3, -0.25) is 34.2 Å². The minimum Gasteiger partial charge on any atom is -0.348 e. The monoisotopic (exact) mass is 457 g/mol. The number of imide groups is 2. The summed E-state index contributed by atoms with van der Waals surface area (Å²) in [5.74, 6) is -1.72. The van der Waals surface area contributed by atoms with E-state index in [0.29, 0.717) is 28.1 Å². The fraction of sp³-hybridized carbons (Fsp3) is 0.261. The van der Waals surface area contributed by atoms with Crippen molar-refractivity contribution in [3.8, 4) is 0 Å². The molecular weight excluding hydrogens is 434 g/mol. The van der Waals surface area contributed by atoms with Crippen molar-refractivity contribution in [3.63, 3.8) is 0 Å². The van der Waals surface area contributed by atoms with Gasteiger partial charge in [-0.2, -0.15) is 0 Å². The lowest BCUT2D eigenvalue weighted by Gasteiger charge is -2.18.